The summed E-state index contributed by atoms with van der Waals surface area (Å²) in [6, 6.07) is 8.65. The first-order valence-corrected chi connectivity index (χ1v) is 10.1. The van der Waals surface area contributed by atoms with Crippen LogP contribution in [0.1, 0.15) is 29.3 Å². The minimum absolute atomic E-state index is 0.281. The first-order chi connectivity index (χ1) is 11.6. The second-order valence-corrected chi connectivity index (χ2v) is 7.27. The molecule has 0 fully saturated rings. The Morgan fingerprint density at radius 2 is 2.12 bits per heavy atom. The van der Waals surface area contributed by atoms with E-state index < -0.39 is 6.10 Å². The predicted octanol–water partition coefficient (Wildman–Crippen LogP) is 2.97. The fourth-order valence-corrected chi connectivity index (χ4v) is 3.78. The molecule has 2 unspecified atom stereocenters. The van der Waals surface area contributed by atoms with Crippen molar-refractivity contribution in [3.8, 4) is 0 Å². The molecule has 0 bridgehead atoms. The van der Waals surface area contributed by atoms with E-state index in [1.165, 1.54) is 0 Å². The topological polar surface area (TPSA) is 74.2 Å². The molecule has 0 aliphatic rings. The number of rotatable bonds is 8. The summed E-state index contributed by atoms with van der Waals surface area (Å²) in [6.45, 7) is 2.30. The molecule has 130 valence electrons. The molecule has 24 heavy (non-hydrogen) atoms. The van der Waals surface area contributed by atoms with E-state index in [1.54, 1.807) is 30.0 Å². The van der Waals surface area contributed by atoms with Crippen LogP contribution in [-0.4, -0.2) is 35.0 Å². The third-order valence-electron chi connectivity index (χ3n) is 3.51. The third kappa shape index (κ3) is 5.81. The van der Waals surface area contributed by atoms with Crippen LogP contribution in [0.3, 0.4) is 0 Å². The number of thioether (sulfide) groups is 1. The minimum atomic E-state index is -0.732. The molecule has 5 nitrogen and oxygen atoms in total. The van der Waals surface area contributed by atoms with Crippen LogP contribution in [-0.2, 0) is 12.2 Å². The van der Waals surface area contributed by atoms with E-state index in [1.807, 2.05) is 35.7 Å². The molecule has 0 saturated heterocycles. The second-order valence-electron chi connectivity index (χ2n) is 5.46. The first-order valence-electron chi connectivity index (χ1n) is 7.79. The fourth-order valence-electron chi connectivity index (χ4n) is 2.23. The van der Waals surface area contributed by atoms with E-state index in [-0.39, 0.29) is 12.1 Å². The Morgan fingerprint density at radius 1 is 1.38 bits per heavy atom. The van der Waals surface area contributed by atoms with Gasteiger partial charge in [-0.05, 0) is 18.7 Å². The molecule has 7 heteroatoms. The Morgan fingerprint density at radius 3 is 2.83 bits per heavy atom. The van der Waals surface area contributed by atoms with E-state index in [9.17, 15) is 9.90 Å². The molecule has 2 atom stereocenters. The predicted molar refractivity (Wildman–Crippen MR) is 100 cm³/mol. The Hall–Kier alpha value is -1.57. The molecular weight excluding hydrogens is 342 g/mol. The van der Waals surface area contributed by atoms with Crippen LogP contribution < -0.4 is 10.6 Å². The lowest BCUT2D eigenvalue weighted by Gasteiger charge is -2.20. The van der Waals surface area contributed by atoms with Gasteiger partial charge in [-0.15, -0.1) is 11.3 Å². The molecular formula is C17H23N3O2S2. The van der Waals surface area contributed by atoms with Crippen molar-refractivity contribution in [2.75, 3.05) is 12.8 Å². The van der Waals surface area contributed by atoms with Crippen molar-refractivity contribution in [2.24, 2.45) is 0 Å². The summed E-state index contributed by atoms with van der Waals surface area (Å²) in [7, 11) is 0. The lowest BCUT2D eigenvalue weighted by molar-refractivity contribution is 0.137. The summed E-state index contributed by atoms with van der Waals surface area (Å²) < 4.78 is 0. The van der Waals surface area contributed by atoms with Gasteiger partial charge in [0.1, 0.15) is 5.01 Å². The summed E-state index contributed by atoms with van der Waals surface area (Å²) in [5.41, 5.74) is 1.79. The number of aromatic nitrogens is 1. The highest BCUT2D eigenvalue weighted by atomic mass is 32.2. The summed E-state index contributed by atoms with van der Waals surface area (Å²) in [5.74, 6) is 0.924. The van der Waals surface area contributed by atoms with Crippen LogP contribution in [0.5, 0.6) is 0 Å². The monoisotopic (exact) mass is 365 g/mol. The molecule has 0 aliphatic carbocycles. The van der Waals surface area contributed by atoms with Gasteiger partial charge >= 0.3 is 6.03 Å². The number of benzene rings is 1. The average Bonchev–Trinajstić information content (AvgIpc) is 3.02. The zero-order valence-electron chi connectivity index (χ0n) is 13.9. The molecule has 2 amide bonds. The summed E-state index contributed by atoms with van der Waals surface area (Å²) in [6.07, 6.45) is 2.02. The lowest BCUT2D eigenvalue weighted by atomic mass is 10.0. The first kappa shape index (κ1) is 18.8. The van der Waals surface area contributed by atoms with Gasteiger partial charge in [0.15, 0.2) is 0 Å². The highest BCUT2D eigenvalue weighted by Gasteiger charge is 2.17. The molecule has 0 saturated carbocycles. The maximum atomic E-state index is 11.9. The van der Waals surface area contributed by atoms with Crippen LogP contribution in [0.25, 0.3) is 0 Å². The molecule has 0 aliphatic heterocycles. The van der Waals surface area contributed by atoms with Crippen LogP contribution in [0.15, 0.2) is 35.7 Å². The molecule has 0 radical (unpaired) electrons. The Balaban J connectivity index is 1.72. The standard InChI is InChI=1S/C17H23N3O2S2/c1-12(16(21)13-6-4-3-5-7-13)19-17(22)18-9-8-14-10-24-15(20-14)11-23-2/h3-7,10,12,16,21H,8-9,11H2,1-2H3,(H2,18,19,22). The SMILES string of the molecule is CSCc1nc(CCNC(=O)NC(C)C(O)c2ccccc2)cs1. The number of aliphatic hydroxyl groups is 1. The Labute approximate surface area is 150 Å². The molecule has 2 aromatic rings. The smallest absolute Gasteiger partial charge is 0.315 e. The maximum Gasteiger partial charge on any atom is 0.315 e. The zero-order valence-corrected chi connectivity index (χ0v) is 15.5. The van der Waals surface area contributed by atoms with Crippen LogP contribution in [0.2, 0.25) is 0 Å². The van der Waals surface area contributed by atoms with E-state index in [0.29, 0.717) is 13.0 Å². The number of urea groups is 1. The number of carbonyl (C=O) groups excluding carboxylic acids is 1. The number of amides is 2. The van der Waals surface area contributed by atoms with Gasteiger partial charge in [-0.1, -0.05) is 30.3 Å². The highest BCUT2D eigenvalue weighted by molar-refractivity contribution is 7.97. The van der Waals surface area contributed by atoms with Gasteiger partial charge in [-0.3, -0.25) is 0 Å². The largest absolute Gasteiger partial charge is 0.386 e. The Kier molecular flexibility index (Phi) is 7.55. The average molecular weight is 366 g/mol. The van der Waals surface area contributed by atoms with Crippen molar-refractivity contribution in [3.05, 3.63) is 52.0 Å². The number of nitrogens with zero attached hydrogens (tertiary/aromatic N) is 1. The van der Waals surface area contributed by atoms with Gasteiger partial charge < -0.3 is 15.7 Å². The fraction of sp³-hybridized carbons (Fsp3) is 0.412. The summed E-state index contributed by atoms with van der Waals surface area (Å²) >= 11 is 3.40. The molecule has 1 aromatic carbocycles. The maximum absolute atomic E-state index is 11.9. The quantitative estimate of drug-likeness (QED) is 0.672. The van der Waals surface area contributed by atoms with Crippen LogP contribution >= 0.6 is 23.1 Å². The second kappa shape index (κ2) is 9.66. The number of hydrogen-bond acceptors (Lipinski definition) is 5. The zero-order chi connectivity index (χ0) is 17.4. The minimum Gasteiger partial charge on any atom is -0.386 e. The van der Waals surface area contributed by atoms with E-state index in [2.05, 4.69) is 21.9 Å². The van der Waals surface area contributed by atoms with E-state index in [0.717, 1.165) is 22.0 Å². The van der Waals surface area contributed by atoms with E-state index in [4.69, 9.17) is 0 Å². The number of thiazole rings is 1. The van der Waals surface area contributed by atoms with Crippen molar-refractivity contribution in [3.63, 3.8) is 0 Å². The van der Waals surface area contributed by atoms with Gasteiger partial charge in [-0.25, -0.2) is 9.78 Å². The van der Waals surface area contributed by atoms with Gasteiger partial charge in [0.2, 0.25) is 0 Å². The summed E-state index contributed by atoms with van der Waals surface area (Å²) in [4.78, 5) is 16.4. The van der Waals surface area contributed by atoms with Gasteiger partial charge in [0.05, 0.1) is 17.8 Å². The van der Waals surface area contributed by atoms with Crippen molar-refractivity contribution < 1.29 is 9.90 Å². The van der Waals surface area contributed by atoms with Gasteiger partial charge in [-0.2, -0.15) is 11.8 Å². The van der Waals surface area contributed by atoms with Gasteiger partial charge in [0, 0.05) is 24.1 Å². The Bertz CT molecular complexity index is 634. The number of nitrogens with one attached hydrogen (secondary N) is 2. The molecule has 3 N–H and O–H groups in total. The molecule has 2 rings (SSSR count). The van der Waals surface area contributed by atoms with Crippen LogP contribution in [0.4, 0.5) is 4.79 Å². The van der Waals surface area contributed by atoms with Crippen LogP contribution in [0, 0.1) is 0 Å². The third-order valence-corrected chi connectivity index (χ3v) is 5.15. The van der Waals surface area contributed by atoms with Crippen molar-refractivity contribution in [2.45, 2.75) is 31.2 Å². The number of hydrogen-bond donors (Lipinski definition) is 3. The highest BCUT2D eigenvalue weighted by Crippen LogP contribution is 2.16. The molecule has 1 aromatic heterocycles. The molecule has 0 spiro atoms. The number of aliphatic hydroxyl groups excluding tert-OH is 1. The normalized spacial score (nSPS) is 13.3. The van der Waals surface area contributed by atoms with Gasteiger partial charge in [0.25, 0.3) is 0 Å². The van der Waals surface area contributed by atoms with Crippen molar-refractivity contribution >= 4 is 29.1 Å². The van der Waals surface area contributed by atoms with Crippen molar-refractivity contribution in [1.82, 2.24) is 15.6 Å². The van der Waals surface area contributed by atoms with Crippen molar-refractivity contribution in [1.29, 1.82) is 0 Å². The lowest BCUT2D eigenvalue weighted by Crippen LogP contribution is -2.44. The summed E-state index contributed by atoms with van der Waals surface area (Å²) in [5, 5.41) is 19.0. The molecule has 1 heterocycles. The van der Waals surface area contributed by atoms with E-state index >= 15 is 0 Å². The number of carbonyl (C=O) groups is 1.